The third-order valence-corrected chi connectivity index (χ3v) is 5.05. The molecule has 9 heteroatoms. The summed E-state index contributed by atoms with van der Waals surface area (Å²) in [6, 6.07) is 1.70. The first-order chi connectivity index (χ1) is 10.8. The Morgan fingerprint density at radius 1 is 1.30 bits per heavy atom. The molecule has 130 valence electrons. The average molecular weight is 343 g/mol. The van der Waals surface area contributed by atoms with Gasteiger partial charge in [0.25, 0.3) is 0 Å². The van der Waals surface area contributed by atoms with E-state index in [1.165, 1.54) is 7.05 Å². The Balaban J connectivity index is 2.52. The molecule has 23 heavy (non-hydrogen) atoms. The van der Waals surface area contributed by atoms with Gasteiger partial charge in [0.15, 0.2) is 0 Å². The van der Waals surface area contributed by atoms with Crippen LogP contribution in [0, 0.1) is 0 Å². The summed E-state index contributed by atoms with van der Waals surface area (Å²) in [5.41, 5.74) is 0.661. The first kappa shape index (κ1) is 19.3. The van der Waals surface area contributed by atoms with Crippen molar-refractivity contribution >= 4 is 21.9 Å². The Labute approximate surface area is 138 Å². The van der Waals surface area contributed by atoms with Crippen LogP contribution in [0.15, 0.2) is 12.3 Å². The summed E-state index contributed by atoms with van der Waals surface area (Å²) in [5.74, 6) is 0.249. The van der Waals surface area contributed by atoms with Crippen LogP contribution in [0.5, 0.6) is 0 Å². The van der Waals surface area contributed by atoms with E-state index >= 15 is 0 Å². The van der Waals surface area contributed by atoms with Crippen LogP contribution in [-0.2, 0) is 21.4 Å². The second-order valence-electron chi connectivity index (χ2n) is 5.44. The molecule has 0 aliphatic rings. The van der Waals surface area contributed by atoms with Gasteiger partial charge in [-0.25, -0.2) is 18.4 Å². The maximum atomic E-state index is 11.9. The van der Waals surface area contributed by atoms with Gasteiger partial charge < -0.3 is 10.2 Å². The van der Waals surface area contributed by atoms with Crippen molar-refractivity contribution in [3.05, 3.63) is 18.0 Å². The highest BCUT2D eigenvalue weighted by Crippen LogP contribution is 2.04. The quantitative estimate of drug-likeness (QED) is 0.689. The van der Waals surface area contributed by atoms with Crippen LogP contribution < -0.4 is 10.2 Å². The van der Waals surface area contributed by atoms with E-state index in [0.717, 1.165) is 10.7 Å². The maximum absolute atomic E-state index is 11.9. The Hall–Kier alpha value is -1.74. The number of sulfonamides is 1. The summed E-state index contributed by atoms with van der Waals surface area (Å²) in [6.45, 7) is 1.95. The fourth-order valence-electron chi connectivity index (χ4n) is 1.73. The molecule has 0 radical (unpaired) electrons. The second kappa shape index (κ2) is 8.78. The van der Waals surface area contributed by atoms with Gasteiger partial charge in [-0.1, -0.05) is 13.3 Å². The van der Waals surface area contributed by atoms with Crippen LogP contribution in [0.1, 0.15) is 25.5 Å². The molecule has 0 saturated heterocycles. The normalized spacial score (nSPS) is 11.5. The molecule has 0 aliphatic carbocycles. The summed E-state index contributed by atoms with van der Waals surface area (Å²) in [6.07, 6.45) is 2.99. The van der Waals surface area contributed by atoms with Crippen LogP contribution in [0.4, 0.5) is 5.95 Å². The van der Waals surface area contributed by atoms with Crippen LogP contribution in [0.3, 0.4) is 0 Å². The molecule has 1 heterocycles. The molecule has 1 aromatic heterocycles. The average Bonchev–Trinajstić information content (AvgIpc) is 2.51. The molecule has 1 N–H and O–H groups in total. The van der Waals surface area contributed by atoms with E-state index in [0.29, 0.717) is 18.1 Å². The zero-order valence-electron chi connectivity index (χ0n) is 14.1. The van der Waals surface area contributed by atoms with Crippen molar-refractivity contribution < 1.29 is 13.2 Å². The highest BCUT2D eigenvalue weighted by atomic mass is 32.2. The van der Waals surface area contributed by atoms with Gasteiger partial charge in [0.1, 0.15) is 0 Å². The zero-order chi connectivity index (χ0) is 17.5. The number of carbonyl (C=O) groups excluding carboxylic acids is 1. The number of nitrogens with one attached hydrogen (secondary N) is 1. The molecular weight excluding hydrogens is 318 g/mol. The van der Waals surface area contributed by atoms with Crippen molar-refractivity contribution in [2.75, 3.05) is 38.3 Å². The molecule has 8 nitrogen and oxygen atoms in total. The predicted molar refractivity (Wildman–Crippen MR) is 89.5 cm³/mol. The minimum absolute atomic E-state index is 0.0609. The Bertz CT molecular complexity index is 619. The van der Waals surface area contributed by atoms with Crippen molar-refractivity contribution in [3.8, 4) is 0 Å². The Kier molecular flexibility index (Phi) is 7.37. The molecule has 0 bridgehead atoms. The second-order valence-corrected chi connectivity index (χ2v) is 7.64. The van der Waals surface area contributed by atoms with Crippen molar-refractivity contribution in [1.29, 1.82) is 0 Å². The number of amides is 1. The minimum Gasteiger partial charge on any atom is -0.349 e. The van der Waals surface area contributed by atoms with E-state index in [1.807, 2.05) is 21.0 Å². The summed E-state index contributed by atoms with van der Waals surface area (Å²) < 4.78 is 25.0. The molecule has 0 atom stereocenters. The topological polar surface area (TPSA) is 95.5 Å². The Morgan fingerprint density at radius 3 is 2.61 bits per heavy atom. The van der Waals surface area contributed by atoms with Gasteiger partial charge in [0.05, 0.1) is 24.5 Å². The van der Waals surface area contributed by atoms with Crippen LogP contribution in [0.25, 0.3) is 0 Å². The number of likely N-dealkylation sites (N-methyl/N-ethyl adjacent to an activating group) is 1. The molecule has 1 rings (SSSR count). The fourth-order valence-corrected chi connectivity index (χ4v) is 3.01. The molecule has 0 saturated carbocycles. The smallest absolute Gasteiger partial charge is 0.235 e. The lowest BCUT2D eigenvalue weighted by atomic mass is 10.4. The van der Waals surface area contributed by atoms with Gasteiger partial charge in [-0.2, -0.15) is 4.31 Å². The maximum Gasteiger partial charge on any atom is 0.235 e. The van der Waals surface area contributed by atoms with Crippen LogP contribution in [0.2, 0.25) is 0 Å². The van der Waals surface area contributed by atoms with Gasteiger partial charge in [0.2, 0.25) is 21.9 Å². The number of hydrogen-bond acceptors (Lipinski definition) is 6. The lowest BCUT2D eigenvalue weighted by Gasteiger charge is -2.16. The number of aromatic nitrogens is 2. The number of nitrogens with zero attached hydrogens (tertiary/aromatic N) is 4. The first-order valence-corrected chi connectivity index (χ1v) is 9.07. The van der Waals surface area contributed by atoms with Crippen LogP contribution >= 0.6 is 0 Å². The van der Waals surface area contributed by atoms with Gasteiger partial charge in [-0.05, 0) is 12.5 Å². The van der Waals surface area contributed by atoms with Gasteiger partial charge in [-0.3, -0.25) is 4.79 Å². The summed E-state index contributed by atoms with van der Waals surface area (Å²) in [5, 5.41) is 2.67. The van der Waals surface area contributed by atoms with Gasteiger partial charge >= 0.3 is 0 Å². The molecule has 1 amide bonds. The highest BCUT2D eigenvalue weighted by molar-refractivity contribution is 7.89. The monoisotopic (exact) mass is 343 g/mol. The highest BCUT2D eigenvalue weighted by Gasteiger charge is 2.19. The van der Waals surface area contributed by atoms with E-state index in [-0.39, 0.29) is 24.7 Å². The number of carbonyl (C=O) groups is 1. The molecule has 0 aliphatic heterocycles. The van der Waals surface area contributed by atoms with Gasteiger partial charge in [-0.15, -0.1) is 0 Å². The largest absolute Gasteiger partial charge is 0.349 e. The summed E-state index contributed by atoms with van der Waals surface area (Å²) >= 11 is 0. The van der Waals surface area contributed by atoms with E-state index in [4.69, 9.17) is 0 Å². The fraction of sp³-hybridized carbons (Fsp3) is 0.643. The first-order valence-electron chi connectivity index (χ1n) is 7.46. The molecule has 0 fully saturated rings. The van der Waals surface area contributed by atoms with E-state index in [1.54, 1.807) is 17.2 Å². The zero-order valence-corrected chi connectivity index (χ0v) is 14.9. The van der Waals surface area contributed by atoms with Crippen molar-refractivity contribution in [2.24, 2.45) is 0 Å². The standard InChI is InChI=1S/C14H25N5O3S/c1-5-6-9-23(21,22)19(4)11-13(20)16-10-12-7-8-15-14(17-12)18(2)3/h7-8H,5-6,9-11H2,1-4H3,(H,16,20). The third kappa shape index (κ3) is 6.49. The van der Waals surface area contributed by atoms with Gasteiger partial charge in [0, 0.05) is 27.3 Å². The van der Waals surface area contributed by atoms with Crippen molar-refractivity contribution in [3.63, 3.8) is 0 Å². The summed E-state index contributed by atoms with van der Waals surface area (Å²) in [7, 11) is 1.69. The van der Waals surface area contributed by atoms with E-state index in [2.05, 4.69) is 15.3 Å². The van der Waals surface area contributed by atoms with E-state index in [9.17, 15) is 13.2 Å². The minimum atomic E-state index is -3.38. The summed E-state index contributed by atoms with van der Waals surface area (Å²) in [4.78, 5) is 22.0. The molecule has 1 aromatic rings. The third-order valence-electron chi connectivity index (χ3n) is 3.16. The Morgan fingerprint density at radius 2 is 2.00 bits per heavy atom. The van der Waals surface area contributed by atoms with Crippen molar-refractivity contribution in [1.82, 2.24) is 19.6 Å². The number of rotatable bonds is 9. The SMILES string of the molecule is CCCCS(=O)(=O)N(C)CC(=O)NCc1ccnc(N(C)C)n1. The lowest BCUT2D eigenvalue weighted by Crippen LogP contribution is -2.39. The molecule has 0 aromatic carbocycles. The molecule has 0 unspecified atom stereocenters. The molecular formula is C14H25N5O3S. The molecule has 0 spiro atoms. The van der Waals surface area contributed by atoms with Crippen LogP contribution in [-0.4, -0.2) is 62.0 Å². The van der Waals surface area contributed by atoms with E-state index < -0.39 is 10.0 Å². The predicted octanol–water partition coefficient (Wildman–Crippen LogP) is 0.221. The number of unbranched alkanes of at least 4 members (excludes halogenated alkanes) is 1. The number of hydrogen-bond donors (Lipinski definition) is 1. The number of anilines is 1. The van der Waals surface area contributed by atoms with Crippen molar-refractivity contribution in [2.45, 2.75) is 26.3 Å². The lowest BCUT2D eigenvalue weighted by molar-refractivity contribution is -0.121.